The summed E-state index contributed by atoms with van der Waals surface area (Å²) in [5, 5.41) is 8.87. The number of hydrogen-bond acceptors (Lipinski definition) is 7. The van der Waals surface area contributed by atoms with E-state index in [1.54, 1.807) is 0 Å². The van der Waals surface area contributed by atoms with Crippen LogP contribution in [0.25, 0.3) is 11.0 Å². The van der Waals surface area contributed by atoms with E-state index in [4.69, 9.17) is 4.52 Å². The molecule has 2 aliphatic heterocycles. The number of anilines is 2. The van der Waals surface area contributed by atoms with Crippen LogP contribution < -0.4 is 10.2 Å². The number of fused-ring (bicyclic) bond motifs is 2. The summed E-state index contributed by atoms with van der Waals surface area (Å²) >= 11 is 0. The number of piperidine rings is 1. The number of aryl methyl sites for hydroxylation is 1. The lowest BCUT2D eigenvalue weighted by atomic mass is 9.91. The first kappa shape index (κ1) is 17.4. The summed E-state index contributed by atoms with van der Waals surface area (Å²) in [5.41, 5.74) is 1.96. The molecule has 2 fully saturated rings. The zero-order chi connectivity index (χ0) is 18.9. The fourth-order valence-electron chi connectivity index (χ4n) is 4.44. The van der Waals surface area contributed by atoms with Crippen LogP contribution in [0, 0.1) is 12.8 Å². The van der Waals surface area contributed by atoms with E-state index >= 15 is 0 Å². The Hall–Kier alpha value is -2.67. The van der Waals surface area contributed by atoms with Crippen LogP contribution in [0.1, 0.15) is 18.4 Å². The van der Waals surface area contributed by atoms with Crippen LogP contribution in [0.15, 0.2) is 41.2 Å². The van der Waals surface area contributed by atoms with Gasteiger partial charge in [-0.15, -0.1) is 0 Å². The number of nitrogens with zero attached hydrogens (tertiary/aromatic N) is 5. The molecule has 0 aliphatic carbocycles. The molecule has 146 valence electrons. The van der Waals surface area contributed by atoms with Gasteiger partial charge in [-0.05, 0) is 43.4 Å². The maximum atomic E-state index is 5.51. The first-order valence-corrected chi connectivity index (χ1v) is 10.1. The lowest BCUT2D eigenvalue weighted by Gasteiger charge is -2.46. The van der Waals surface area contributed by atoms with Crippen molar-refractivity contribution in [2.75, 3.05) is 42.9 Å². The molecule has 0 unspecified atom stereocenters. The Kier molecular flexibility index (Phi) is 4.60. The number of benzene rings is 1. The molecule has 0 radical (unpaired) electrons. The normalized spacial score (nSPS) is 23.0. The number of aromatic nitrogens is 3. The van der Waals surface area contributed by atoms with Gasteiger partial charge in [-0.25, -0.2) is 9.97 Å². The Morgan fingerprint density at radius 1 is 1.11 bits per heavy atom. The SMILES string of the molecule is Cc1cnc(NC[C@@H]2CC[C@H]3CN(c4noc5ccccc45)CCN3C2)nc1. The van der Waals surface area contributed by atoms with Gasteiger partial charge in [0.2, 0.25) is 5.95 Å². The molecule has 1 aromatic carbocycles. The average Bonchev–Trinajstić information content (AvgIpc) is 3.17. The molecular formula is C21H26N6O. The quantitative estimate of drug-likeness (QED) is 0.748. The lowest BCUT2D eigenvalue weighted by molar-refractivity contribution is 0.0994. The summed E-state index contributed by atoms with van der Waals surface area (Å²) in [5.74, 6) is 2.37. The second kappa shape index (κ2) is 7.39. The zero-order valence-electron chi connectivity index (χ0n) is 16.2. The van der Waals surface area contributed by atoms with E-state index in [-0.39, 0.29) is 0 Å². The van der Waals surface area contributed by atoms with Crippen molar-refractivity contribution in [3.63, 3.8) is 0 Å². The summed E-state index contributed by atoms with van der Waals surface area (Å²) in [6, 6.07) is 8.72. The van der Waals surface area contributed by atoms with E-state index in [0.29, 0.717) is 12.0 Å². The number of rotatable bonds is 4. The fraction of sp³-hybridized carbons (Fsp3) is 0.476. The molecule has 0 amide bonds. The Balaban J connectivity index is 1.19. The van der Waals surface area contributed by atoms with Crippen molar-refractivity contribution < 1.29 is 4.52 Å². The third kappa shape index (κ3) is 3.42. The van der Waals surface area contributed by atoms with Gasteiger partial charge < -0.3 is 14.7 Å². The lowest BCUT2D eigenvalue weighted by Crippen LogP contribution is -2.57. The average molecular weight is 378 g/mol. The van der Waals surface area contributed by atoms with Crippen LogP contribution in [-0.2, 0) is 0 Å². The van der Waals surface area contributed by atoms with E-state index in [2.05, 4.69) is 42.4 Å². The highest BCUT2D eigenvalue weighted by atomic mass is 16.5. The van der Waals surface area contributed by atoms with Gasteiger partial charge in [0, 0.05) is 51.2 Å². The topological polar surface area (TPSA) is 70.3 Å². The molecule has 7 heteroatoms. The van der Waals surface area contributed by atoms with Crippen molar-refractivity contribution in [1.29, 1.82) is 0 Å². The molecular weight excluding hydrogens is 352 g/mol. The predicted molar refractivity (Wildman–Crippen MR) is 110 cm³/mol. The molecule has 2 aliphatic rings. The number of hydrogen-bond donors (Lipinski definition) is 1. The predicted octanol–water partition coefficient (Wildman–Crippen LogP) is 2.94. The molecule has 2 saturated heterocycles. The molecule has 28 heavy (non-hydrogen) atoms. The van der Waals surface area contributed by atoms with Crippen molar-refractivity contribution in [1.82, 2.24) is 20.0 Å². The van der Waals surface area contributed by atoms with Crippen LogP contribution >= 0.6 is 0 Å². The number of piperazine rings is 1. The smallest absolute Gasteiger partial charge is 0.222 e. The largest absolute Gasteiger partial charge is 0.354 e. The zero-order valence-corrected chi connectivity index (χ0v) is 16.2. The third-order valence-electron chi connectivity index (χ3n) is 5.99. The van der Waals surface area contributed by atoms with Crippen molar-refractivity contribution in [3.05, 3.63) is 42.2 Å². The van der Waals surface area contributed by atoms with E-state index in [1.165, 1.54) is 12.8 Å². The van der Waals surface area contributed by atoms with Gasteiger partial charge in [0.05, 0.1) is 5.39 Å². The third-order valence-corrected chi connectivity index (χ3v) is 5.99. The van der Waals surface area contributed by atoms with Gasteiger partial charge >= 0.3 is 0 Å². The van der Waals surface area contributed by atoms with Gasteiger partial charge in [-0.1, -0.05) is 17.3 Å². The molecule has 3 aromatic rings. The molecule has 0 spiro atoms. The molecule has 7 nitrogen and oxygen atoms in total. The van der Waals surface area contributed by atoms with Crippen LogP contribution in [0.4, 0.5) is 11.8 Å². The van der Waals surface area contributed by atoms with E-state index in [0.717, 1.165) is 61.0 Å². The minimum Gasteiger partial charge on any atom is -0.354 e. The number of para-hydroxylation sites is 1. The minimum absolute atomic E-state index is 0.594. The Morgan fingerprint density at radius 2 is 1.96 bits per heavy atom. The van der Waals surface area contributed by atoms with Crippen molar-refractivity contribution in [2.24, 2.45) is 5.92 Å². The second-order valence-corrected chi connectivity index (χ2v) is 8.01. The number of nitrogens with one attached hydrogen (secondary N) is 1. The van der Waals surface area contributed by atoms with Crippen LogP contribution in [-0.4, -0.2) is 58.8 Å². The Labute approximate surface area is 164 Å². The van der Waals surface area contributed by atoms with Crippen molar-refractivity contribution in [3.8, 4) is 0 Å². The van der Waals surface area contributed by atoms with Crippen molar-refractivity contribution in [2.45, 2.75) is 25.8 Å². The summed E-state index contributed by atoms with van der Waals surface area (Å²) < 4.78 is 5.51. The molecule has 1 N–H and O–H groups in total. The van der Waals surface area contributed by atoms with Gasteiger partial charge in [0.1, 0.15) is 0 Å². The highest BCUT2D eigenvalue weighted by Gasteiger charge is 2.34. The highest BCUT2D eigenvalue weighted by Crippen LogP contribution is 2.31. The Morgan fingerprint density at radius 3 is 2.86 bits per heavy atom. The van der Waals surface area contributed by atoms with Gasteiger partial charge in [0.25, 0.3) is 0 Å². The molecule has 2 aromatic heterocycles. The second-order valence-electron chi connectivity index (χ2n) is 8.01. The van der Waals surface area contributed by atoms with Crippen LogP contribution in [0.3, 0.4) is 0 Å². The molecule has 0 bridgehead atoms. The summed E-state index contributed by atoms with van der Waals surface area (Å²) in [6.45, 7) is 7.17. The molecule has 4 heterocycles. The fourth-order valence-corrected chi connectivity index (χ4v) is 4.44. The molecule has 0 saturated carbocycles. The van der Waals surface area contributed by atoms with Crippen molar-refractivity contribution >= 4 is 22.7 Å². The summed E-state index contributed by atoms with van der Waals surface area (Å²) in [6.07, 6.45) is 6.17. The van der Waals surface area contributed by atoms with E-state index in [9.17, 15) is 0 Å². The first-order valence-electron chi connectivity index (χ1n) is 10.1. The van der Waals surface area contributed by atoms with Gasteiger partial charge in [0.15, 0.2) is 11.4 Å². The Bertz CT molecular complexity index is 939. The van der Waals surface area contributed by atoms with Gasteiger partial charge in [-0.2, -0.15) is 0 Å². The first-order chi connectivity index (χ1) is 13.8. The summed E-state index contributed by atoms with van der Waals surface area (Å²) in [4.78, 5) is 13.7. The maximum Gasteiger partial charge on any atom is 0.222 e. The monoisotopic (exact) mass is 378 g/mol. The van der Waals surface area contributed by atoms with Gasteiger partial charge in [-0.3, -0.25) is 4.90 Å². The van der Waals surface area contributed by atoms with E-state index < -0.39 is 0 Å². The van der Waals surface area contributed by atoms with E-state index in [1.807, 2.05) is 31.5 Å². The van der Waals surface area contributed by atoms with Crippen LogP contribution in [0.5, 0.6) is 0 Å². The molecule has 5 rings (SSSR count). The van der Waals surface area contributed by atoms with Crippen LogP contribution in [0.2, 0.25) is 0 Å². The maximum absolute atomic E-state index is 5.51. The molecule has 2 atom stereocenters. The minimum atomic E-state index is 0.594. The summed E-state index contributed by atoms with van der Waals surface area (Å²) in [7, 11) is 0. The standard InChI is InChI=1S/C21H26N6O/c1-15-10-22-21(23-11-15)24-12-16-6-7-17-14-27(9-8-26(17)13-16)20-18-4-2-3-5-19(18)28-25-20/h2-5,10-11,16-17H,6-9,12-14H2,1H3,(H,22,23,24)/t16-,17-/m0/s1. The highest BCUT2D eigenvalue weighted by molar-refractivity contribution is 5.88.